The van der Waals surface area contributed by atoms with Gasteiger partial charge in [-0.05, 0) is 142 Å². The van der Waals surface area contributed by atoms with E-state index in [0.29, 0.717) is 40.0 Å². The largest absolute Gasteiger partial charge is 0.507 e. The van der Waals surface area contributed by atoms with Crippen molar-refractivity contribution in [2.24, 2.45) is 0 Å². The second-order valence-electron chi connectivity index (χ2n) is 11.0. The van der Waals surface area contributed by atoms with Crippen LogP contribution in [0.15, 0.2) is 60.7 Å². The van der Waals surface area contributed by atoms with Crippen LogP contribution in [0.25, 0.3) is 0 Å². The molecule has 3 aromatic carbocycles. The Morgan fingerprint density at radius 3 is 2.24 bits per heavy atom. The van der Waals surface area contributed by atoms with Gasteiger partial charge < -0.3 is 20.6 Å². The minimum Gasteiger partial charge on any atom is -0.507 e. The van der Waals surface area contributed by atoms with E-state index in [9.17, 15) is 14.7 Å². The summed E-state index contributed by atoms with van der Waals surface area (Å²) in [6.45, 7) is 3.76. The predicted molar refractivity (Wildman–Crippen MR) is 168 cm³/mol. The third-order valence-electron chi connectivity index (χ3n) is 8.26. The highest BCUT2D eigenvalue weighted by Gasteiger charge is 2.25. The van der Waals surface area contributed by atoms with Gasteiger partial charge in [0.25, 0.3) is 11.8 Å². The molecule has 5 rings (SSSR count). The van der Waals surface area contributed by atoms with Crippen LogP contribution in [0.4, 0.5) is 5.69 Å². The van der Waals surface area contributed by atoms with Crippen LogP contribution in [0, 0.1) is 0 Å². The first-order valence-corrected chi connectivity index (χ1v) is 14.9. The number of nitrogens with zero attached hydrogens (tertiary/aromatic N) is 1. The number of aryl methyl sites for hydroxylation is 1. The number of carbonyl (C=O) groups is 2. The van der Waals surface area contributed by atoms with Crippen LogP contribution < -0.4 is 10.6 Å². The molecule has 8 heteroatoms. The second-order valence-corrected chi connectivity index (χ2v) is 11.4. The molecule has 0 saturated carbocycles. The fraction of sp³-hybridized carbons (Fsp3) is 0.394. The lowest BCUT2D eigenvalue weighted by Gasteiger charge is -2.33. The van der Waals surface area contributed by atoms with E-state index in [-0.39, 0.29) is 24.2 Å². The lowest BCUT2D eigenvalue weighted by molar-refractivity contribution is 0.0951. The number of anilines is 1. The van der Waals surface area contributed by atoms with E-state index < -0.39 is 0 Å². The molecule has 0 unspecified atom stereocenters. The van der Waals surface area contributed by atoms with Gasteiger partial charge in [0.05, 0.1) is 0 Å². The van der Waals surface area contributed by atoms with Gasteiger partial charge in [-0.1, -0.05) is 23.7 Å². The van der Waals surface area contributed by atoms with E-state index in [1.807, 2.05) is 0 Å². The Kier molecular flexibility index (Phi) is 11.1. The molecule has 1 fully saturated rings. The Morgan fingerprint density at radius 2 is 1.51 bits per heavy atom. The predicted octanol–water partition coefficient (Wildman–Crippen LogP) is 6.99. The fourth-order valence-corrected chi connectivity index (χ4v) is 6.02. The van der Waals surface area contributed by atoms with Gasteiger partial charge in [-0.15, -0.1) is 12.4 Å². The topological polar surface area (TPSA) is 81.7 Å². The zero-order valence-electron chi connectivity index (χ0n) is 23.3. The number of aromatic hydroxyl groups is 1. The highest BCUT2D eigenvalue weighted by atomic mass is 35.5. The molecule has 0 atom stereocenters. The Labute approximate surface area is 253 Å². The maximum atomic E-state index is 12.5. The number of hydrogen-bond acceptors (Lipinski definition) is 4. The molecule has 0 aromatic heterocycles. The highest BCUT2D eigenvalue weighted by molar-refractivity contribution is 6.30. The van der Waals surface area contributed by atoms with Gasteiger partial charge in [0.1, 0.15) is 5.75 Å². The Balaban J connectivity index is 0.00000387. The molecule has 2 amide bonds. The molecule has 1 aliphatic heterocycles. The summed E-state index contributed by atoms with van der Waals surface area (Å²) in [5, 5.41) is 17.3. The number of hydrogen-bond donors (Lipinski definition) is 3. The molecule has 0 bridgehead atoms. The molecular weight excluding hydrogens is 557 g/mol. The molecule has 1 heterocycles. The first-order valence-electron chi connectivity index (χ1n) is 14.5. The monoisotopic (exact) mass is 595 g/mol. The highest BCUT2D eigenvalue weighted by Crippen LogP contribution is 2.39. The quantitative estimate of drug-likeness (QED) is 0.233. The smallest absolute Gasteiger partial charge is 0.255 e. The molecule has 0 spiro atoms. The molecule has 6 nitrogen and oxygen atoms in total. The average Bonchev–Trinajstić information content (AvgIpc) is 2.98. The first-order chi connectivity index (χ1) is 19.5. The number of likely N-dealkylation sites (tertiary alicyclic amines) is 1. The SMILES string of the molecule is Cl.O=C(NCCCCN1CCC(c2ccc3c(c2O)CCCC3)CC1)c1ccc(NC(=O)c2ccc(Cl)cc2)cc1. The van der Waals surface area contributed by atoms with Gasteiger partial charge in [-0.25, -0.2) is 0 Å². The van der Waals surface area contributed by atoms with Gasteiger partial charge in [0, 0.05) is 28.4 Å². The molecule has 41 heavy (non-hydrogen) atoms. The minimum absolute atomic E-state index is 0. The summed E-state index contributed by atoms with van der Waals surface area (Å²) in [6.07, 6.45) is 8.64. The standard InChI is InChI=1S/C33H38ClN3O3.ClH/c34-27-12-7-26(8-13-27)33(40)36-28-14-9-25(10-15-28)32(39)35-19-3-4-20-37-21-17-24(18-22-37)30-16-11-23-5-1-2-6-29(23)31(30)38;/h7-16,24,38H,1-6,17-22H2,(H,35,39)(H,36,40);1H. The number of halogens is 2. The van der Waals surface area contributed by atoms with Crippen LogP contribution in [-0.4, -0.2) is 48.0 Å². The van der Waals surface area contributed by atoms with E-state index in [1.165, 1.54) is 24.0 Å². The van der Waals surface area contributed by atoms with Crippen molar-refractivity contribution in [1.82, 2.24) is 10.2 Å². The molecule has 0 radical (unpaired) electrons. The van der Waals surface area contributed by atoms with E-state index in [2.05, 4.69) is 27.7 Å². The number of nitrogens with one attached hydrogen (secondary N) is 2. The van der Waals surface area contributed by atoms with Gasteiger partial charge in [0.2, 0.25) is 0 Å². The Bertz CT molecular complexity index is 1320. The summed E-state index contributed by atoms with van der Waals surface area (Å²) in [5.74, 6) is 0.680. The Morgan fingerprint density at radius 1 is 0.854 bits per heavy atom. The molecule has 3 aromatic rings. The number of unbranched alkanes of at least 4 members (excludes halogenated alkanes) is 1. The summed E-state index contributed by atoms with van der Waals surface area (Å²) in [6, 6.07) is 18.0. The van der Waals surface area contributed by atoms with Crippen molar-refractivity contribution in [3.8, 4) is 5.75 Å². The fourth-order valence-electron chi connectivity index (χ4n) is 5.90. The minimum atomic E-state index is -0.227. The van der Waals surface area contributed by atoms with E-state index in [4.69, 9.17) is 11.6 Å². The van der Waals surface area contributed by atoms with Crippen LogP contribution in [0.1, 0.15) is 81.8 Å². The van der Waals surface area contributed by atoms with Crippen molar-refractivity contribution in [3.05, 3.63) is 93.5 Å². The third-order valence-corrected chi connectivity index (χ3v) is 8.51. The first kappa shape index (κ1) is 30.9. The number of carbonyl (C=O) groups excluding carboxylic acids is 2. The molecular formula is C33H39Cl2N3O3. The third kappa shape index (κ3) is 8.03. The summed E-state index contributed by atoms with van der Waals surface area (Å²) >= 11 is 5.88. The zero-order valence-corrected chi connectivity index (χ0v) is 24.9. The molecule has 3 N–H and O–H groups in total. The van der Waals surface area contributed by atoms with Gasteiger partial charge in [-0.3, -0.25) is 9.59 Å². The summed E-state index contributed by atoms with van der Waals surface area (Å²) < 4.78 is 0. The van der Waals surface area contributed by atoms with Crippen molar-refractivity contribution in [1.29, 1.82) is 0 Å². The van der Waals surface area contributed by atoms with Crippen molar-refractivity contribution in [2.75, 3.05) is 31.5 Å². The number of fused-ring (bicyclic) bond motifs is 1. The lowest BCUT2D eigenvalue weighted by atomic mass is 9.83. The molecule has 218 valence electrons. The molecule has 1 aliphatic carbocycles. The number of rotatable bonds is 9. The second kappa shape index (κ2) is 14.7. The lowest BCUT2D eigenvalue weighted by Crippen LogP contribution is -2.34. The number of benzene rings is 3. The van der Waals surface area contributed by atoms with Gasteiger partial charge >= 0.3 is 0 Å². The maximum Gasteiger partial charge on any atom is 0.255 e. The summed E-state index contributed by atoms with van der Waals surface area (Å²) in [7, 11) is 0. The number of phenolic OH excluding ortho intramolecular Hbond substituents is 1. The Hall–Kier alpha value is -3.06. The summed E-state index contributed by atoms with van der Waals surface area (Å²) in [5.41, 5.74) is 5.40. The van der Waals surface area contributed by atoms with E-state index in [1.54, 1.807) is 48.5 Å². The zero-order chi connectivity index (χ0) is 27.9. The van der Waals surface area contributed by atoms with Crippen molar-refractivity contribution >= 4 is 41.5 Å². The number of phenols is 1. The van der Waals surface area contributed by atoms with Gasteiger partial charge in [0.15, 0.2) is 0 Å². The van der Waals surface area contributed by atoms with Gasteiger partial charge in [-0.2, -0.15) is 0 Å². The van der Waals surface area contributed by atoms with Crippen LogP contribution in [-0.2, 0) is 12.8 Å². The summed E-state index contributed by atoms with van der Waals surface area (Å²) in [4.78, 5) is 27.4. The van der Waals surface area contributed by atoms with Crippen molar-refractivity contribution in [2.45, 2.75) is 57.3 Å². The molecule has 2 aliphatic rings. The van der Waals surface area contributed by atoms with E-state index >= 15 is 0 Å². The van der Waals surface area contributed by atoms with Crippen LogP contribution in [0.5, 0.6) is 5.75 Å². The average molecular weight is 597 g/mol. The number of amides is 2. The van der Waals surface area contributed by atoms with Crippen molar-refractivity contribution in [3.63, 3.8) is 0 Å². The number of piperidine rings is 1. The maximum absolute atomic E-state index is 12.5. The van der Waals surface area contributed by atoms with Crippen LogP contribution in [0.2, 0.25) is 5.02 Å². The normalized spacial score (nSPS) is 15.4. The van der Waals surface area contributed by atoms with E-state index in [0.717, 1.165) is 63.7 Å². The molecule has 1 saturated heterocycles. The van der Waals surface area contributed by atoms with Crippen LogP contribution >= 0.6 is 24.0 Å². The van der Waals surface area contributed by atoms with Crippen LogP contribution in [0.3, 0.4) is 0 Å². The van der Waals surface area contributed by atoms with Crippen molar-refractivity contribution < 1.29 is 14.7 Å².